The van der Waals surface area contributed by atoms with Crippen LogP contribution in [-0.4, -0.2) is 18.3 Å². The van der Waals surface area contributed by atoms with Crippen LogP contribution < -0.4 is 5.46 Å². The number of fused-ring (bicyclic) bond motifs is 5. The maximum absolute atomic E-state index is 6.73. The average molecular weight is 462 g/mol. The molecule has 35 heavy (non-hydrogen) atoms. The van der Waals surface area contributed by atoms with Gasteiger partial charge in [0.1, 0.15) is 0 Å². The lowest BCUT2D eigenvalue weighted by atomic mass is 9.42. The van der Waals surface area contributed by atoms with Gasteiger partial charge >= 0.3 is 7.12 Å². The first kappa shape index (κ1) is 21.0. The summed E-state index contributed by atoms with van der Waals surface area (Å²) in [5.41, 5.74) is 6.80. The van der Waals surface area contributed by atoms with Crippen LogP contribution in [0.25, 0.3) is 21.9 Å². The molecule has 3 aromatic rings. The minimum Gasteiger partial charge on any atom is -0.399 e. The summed E-state index contributed by atoms with van der Waals surface area (Å²) in [6.45, 7) is 8.71. The van der Waals surface area contributed by atoms with E-state index in [0.29, 0.717) is 0 Å². The van der Waals surface area contributed by atoms with E-state index in [2.05, 4.69) is 82.3 Å². The topological polar surface area (TPSA) is 18.5 Å². The molecule has 4 saturated carbocycles. The predicted molar refractivity (Wildman–Crippen MR) is 143 cm³/mol. The van der Waals surface area contributed by atoms with Crippen LogP contribution in [0.3, 0.4) is 0 Å². The molecule has 5 fully saturated rings. The van der Waals surface area contributed by atoms with Crippen molar-refractivity contribution < 1.29 is 9.31 Å². The Morgan fingerprint density at radius 3 is 2.06 bits per heavy atom. The Labute approximate surface area is 209 Å². The van der Waals surface area contributed by atoms with Crippen LogP contribution in [0.4, 0.5) is 0 Å². The molecule has 3 aromatic carbocycles. The molecule has 0 aromatic heterocycles. The van der Waals surface area contributed by atoms with Crippen molar-refractivity contribution in [2.24, 2.45) is 23.7 Å². The maximum atomic E-state index is 6.73. The van der Waals surface area contributed by atoms with E-state index in [4.69, 9.17) is 9.31 Å². The van der Waals surface area contributed by atoms with Gasteiger partial charge in [0.15, 0.2) is 0 Å². The average Bonchev–Trinajstić information content (AvgIpc) is 3.24. The molecule has 3 heteroatoms. The Morgan fingerprint density at radius 1 is 0.714 bits per heavy atom. The Balaban J connectivity index is 1.44. The van der Waals surface area contributed by atoms with Crippen LogP contribution in [0.1, 0.15) is 70.9 Å². The summed E-state index contributed by atoms with van der Waals surface area (Å²) in [5.74, 6) is 3.31. The van der Waals surface area contributed by atoms with Crippen molar-refractivity contribution in [3.05, 3.63) is 65.7 Å². The van der Waals surface area contributed by atoms with Crippen molar-refractivity contribution >= 4 is 23.4 Å². The summed E-state index contributed by atoms with van der Waals surface area (Å²) in [4.78, 5) is 0. The smallest absolute Gasteiger partial charge is 0.399 e. The van der Waals surface area contributed by atoms with E-state index < -0.39 is 0 Å². The van der Waals surface area contributed by atoms with Crippen LogP contribution in [0, 0.1) is 23.7 Å². The zero-order valence-corrected chi connectivity index (χ0v) is 21.4. The summed E-state index contributed by atoms with van der Waals surface area (Å²) in [6.07, 6.45) is 7.01. The van der Waals surface area contributed by atoms with Gasteiger partial charge in [-0.2, -0.15) is 0 Å². The van der Waals surface area contributed by atoms with Crippen LogP contribution in [0.15, 0.2) is 54.6 Å². The van der Waals surface area contributed by atoms with E-state index in [1.54, 1.807) is 11.1 Å². The third-order valence-electron chi connectivity index (χ3n) is 11.1. The van der Waals surface area contributed by atoms with Gasteiger partial charge in [-0.3, -0.25) is 0 Å². The first-order valence-electron chi connectivity index (χ1n) is 13.8. The highest BCUT2D eigenvalue weighted by molar-refractivity contribution is 6.63. The molecule has 1 spiro atoms. The van der Waals surface area contributed by atoms with E-state index in [-0.39, 0.29) is 23.7 Å². The van der Waals surface area contributed by atoms with Gasteiger partial charge in [-0.15, -0.1) is 0 Å². The molecule has 1 saturated heterocycles. The minimum absolute atomic E-state index is 0.0995. The van der Waals surface area contributed by atoms with Crippen molar-refractivity contribution in [2.75, 3.05) is 0 Å². The monoisotopic (exact) mass is 462 g/mol. The summed E-state index contributed by atoms with van der Waals surface area (Å²) < 4.78 is 13.5. The lowest BCUT2D eigenvalue weighted by Gasteiger charge is -2.61. The number of benzene rings is 3. The molecule has 0 atom stereocenters. The Kier molecular flexibility index (Phi) is 3.97. The van der Waals surface area contributed by atoms with Gasteiger partial charge in [0.2, 0.25) is 0 Å². The first-order chi connectivity index (χ1) is 16.8. The largest absolute Gasteiger partial charge is 0.495 e. The highest BCUT2D eigenvalue weighted by atomic mass is 16.7. The predicted octanol–water partition coefficient (Wildman–Crippen LogP) is 6.86. The lowest BCUT2D eigenvalue weighted by Crippen LogP contribution is -2.57. The molecule has 0 N–H and O–H groups in total. The highest BCUT2D eigenvalue weighted by Crippen LogP contribution is 2.69. The molecule has 4 bridgehead atoms. The third kappa shape index (κ3) is 2.50. The minimum atomic E-state index is -0.338. The van der Waals surface area contributed by atoms with Crippen molar-refractivity contribution in [1.29, 1.82) is 0 Å². The van der Waals surface area contributed by atoms with Crippen molar-refractivity contribution in [1.82, 2.24) is 0 Å². The summed E-state index contributed by atoms with van der Waals surface area (Å²) in [6, 6.07) is 20.9. The second kappa shape index (κ2) is 6.61. The normalized spacial score (nSPS) is 35.1. The maximum Gasteiger partial charge on any atom is 0.495 e. The van der Waals surface area contributed by atoms with Crippen molar-refractivity contribution in [3.8, 4) is 11.1 Å². The second-order valence-electron chi connectivity index (χ2n) is 13.2. The Hall–Kier alpha value is -2.10. The molecular formula is C32H35BO2. The molecule has 178 valence electrons. The molecule has 5 aliphatic carbocycles. The van der Waals surface area contributed by atoms with Gasteiger partial charge in [-0.05, 0) is 122 Å². The number of hydrogen-bond acceptors (Lipinski definition) is 2. The standard InChI is InChI=1S/C32H35BO2/c1-30(2)31(3,4)35-33(34-30)27-11-7-10-25-28-24-9-6-5-8-21(24)12-13-26(28)32(29(25)27)22-15-19-14-20(17-22)18-23(32)16-19/h5-13,19-20,22-23H,14-18H2,1-4H3. The van der Waals surface area contributed by atoms with Gasteiger partial charge in [0.05, 0.1) is 11.2 Å². The molecule has 1 aliphatic heterocycles. The van der Waals surface area contributed by atoms with Crippen molar-refractivity contribution in [3.63, 3.8) is 0 Å². The van der Waals surface area contributed by atoms with Gasteiger partial charge in [-0.1, -0.05) is 54.6 Å². The molecular weight excluding hydrogens is 427 g/mol. The van der Waals surface area contributed by atoms with E-state index in [1.165, 1.54) is 59.5 Å². The molecule has 6 aliphatic rings. The van der Waals surface area contributed by atoms with Crippen LogP contribution >= 0.6 is 0 Å². The Bertz CT molecular complexity index is 1340. The van der Waals surface area contributed by atoms with Gasteiger partial charge in [0, 0.05) is 5.41 Å². The van der Waals surface area contributed by atoms with E-state index >= 15 is 0 Å². The van der Waals surface area contributed by atoms with Gasteiger partial charge < -0.3 is 9.31 Å². The SMILES string of the molecule is CC1(C)OB(c2cccc3c2C2(c4ccc5ccccc5c4-3)C3CC4CC(C3)CC2C4)OC1(C)C. The zero-order chi connectivity index (χ0) is 23.7. The first-order valence-corrected chi connectivity index (χ1v) is 13.8. The number of rotatable bonds is 1. The lowest BCUT2D eigenvalue weighted by molar-refractivity contribution is -0.0396. The number of hydrogen-bond donors (Lipinski definition) is 0. The quantitative estimate of drug-likeness (QED) is 0.368. The molecule has 9 rings (SSSR count). The van der Waals surface area contributed by atoms with E-state index in [9.17, 15) is 0 Å². The Morgan fingerprint density at radius 2 is 1.37 bits per heavy atom. The fourth-order valence-electron chi connectivity index (χ4n) is 9.22. The van der Waals surface area contributed by atoms with Gasteiger partial charge in [0.25, 0.3) is 0 Å². The fourth-order valence-corrected chi connectivity index (χ4v) is 9.22. The van der Waals surface area contributed by atoms with Crippen molar-refractivity contribution in [2.45, 2.75) is 76.4 Å². The molecule has 2 nitrogen and oxygen atoms in total. The molecule has 0 radical (unpaired) electrons. The van der Waals surface area contributed by atoms with Crippen LogP contribution in [0.2, 0.25) is 0 Å². The molecule has 1 heterocycles. The fraction of sp³-hybridized carbons (Fsp3) is 0.500. The summed E-state index contributed by atoms with van der Waals surface area (Å²) in [7, 11) is -0.315. The summed E-state index contributed by atoms with van der Waals surface area (Å²) in [5, 5.41) is 2.75. The van der Waals surface area contributed by atoms with Gasteiger partial charge in [-0.25, -0.2) is 0 Å². The summed E-state index contributed by atoms with van der Waals surface area (Å²) >= 11 is 0. The van der Waals surface area contributed by atoms with E-state index in [1.807, 2.05) is 0 Å². The molecule has 0 amide bonds. The van der Waals surface area contributed by atoms with Crippen LogP contribution in [-0.2, 0) is 14.7 Å². The molecule has 0 unspecified atom stereocenters. The highest BCUT2D eigenvalue weighted by Gasteiger charge is 2.63. The third-order valence-corrected chi connectivity index (χ3v) is 11.1. The second-order valence-corrected chi connectivity index (χ2v) is 13.2. The van der Waals surface area contributed by atoms with Crippen LogP contribution in [0.5, 0.6) is 0 Å². The van der Waals surface area contributed by atoms with E-state index in [0.717, 1.165) is 23.7 Å². The zero-order valence-electron chi connectivity index (χ0n) is 21.4.